The Morgan fingerprint density at radius 3 is 2.88 bits per heavy atom. The number of aromatic amines is 1. The van der Waals surface area contributed by atoms with Gasteiger partial charge in [0.15, 0.2) is 0 Å². The highest BCUT2D eigenvalue weighted by molar-refractivity contribution is 7.89. The van der Waals surface area contributed by atoms with Crippen molar-refractivity contribution in [3.05, 3.63) is 72.4 Å². The number of hydrogen-bond donors (Lipinski definition) is 1. The lowest BCUT2D eigenvalue weighted by Crippen LogP contribution is -2.36. The van der Waals surface area contributed by atoms with Gasteiger partial charge in [-0.3, -0.25) is 5.10 Å². The molecule has 1 aliphatic heterocycles. The fourth-order valence-electron chi connectivity index (χ4n) is 4.75. The molecule has 1 aromatic carbocycles. The maximum Gasteiger partial charge on any atom is 0.214 e. The van der Waals surface area contributed by atoms with E-state index in [2.05, 4.69) is 20.8 Å². The number of nitrogens with zero attached hydrogens (tertiary/aromatic N) is 4. The first kappa shape index (κ1) is 21.8. The smallest absolute Gasteiger partial charge is 0.214 e. The van der Waals surface area contributed by atoms with Crippen molar-refractivity contribution >= 4 is 21.1 Å². The van der Waals surface area contributed by atoms with Crippen LogP contribution in [0.4, 0.5) is 4.39 Å². The van der Waals surface area contributed by atoms with Crippen molar-refractivity contribution in [1.82, 2.24) is 24.1 Å². The normalized spacial score (nSPS) is 19.5. The molecule has 1 saturated heterocycles. The van der Waals surface area contributed by atoms with Crippen LogP contribution < -0.4 is 0 Å². The first-order valence-electron chi connectivity index (χ1n) is 11.1. The van der Waals surface area contributed by atoms with Crippen molar-refractivity contribution in [1.29, 1.82) is 0 Å². The third kappa shape index (κ3) is 4.56. The quantitative estimate of drug-likeness (QED) is 0.448. The van der Waals surface area contributed by atoms with Crippen LogP contribution in [0.25, 0.3) is 22.3 Å². The molecule has 1 fully saturated rings. The number of aromatic nitrogens is 4. The van der Waals surface area contributed by atoms with Crippen molar-refractivity contribution in [3.8, 4) is 11.3 Å². The number of halogens is 1. The molecule has 1 unspecified atom stereocenters. The minimum Gasteiger partial charge on any atom is -0.346 e. The Hall–Kier alpha value is -3.04. The van der Waals surface area contributed by atoms with Crippen LogP contribution in [0.5, 0.6) is 0 Å². The zero-order valence-corrected chi connectivity index (χ0v) is 19.2. The van der Waals surface area contributed by atoms with Crippen LogP contribution in [0, 0.1) is 11.7 Å². The first-order valence-corrected chi connectivity index (χ1v) is 12.7. The summed E-state index contributed by atoms with van der Waals surface area (Å²) in [7, 11) is -3.42. The second-order valence-corrected chi connectivity index (χ2v) is 10.8. The van der Waals surface area contributed by atoms with Gasteiger partial charge in [-0.05, 0) is 61.6 Å². The second-order valence-electron chi connectivity index (χ2n) is 8.77. The van der Waals surface area contributed by atoms with E-state index < -0.39 is 10.0 Å². The molecule has 1 aliphatic rings. The molecule has 0 bridgehead atoms. The third-order valence-electron chi connectivity index (χ3n) is 6.37. The van der Waals surface area contributed by atoms with E-state index in [1.54, 1.807) is 22.6 Å². The van der Waals surface area contributed by atoms with E-state index in [1.165, 1.54) is 12.1 Å². The van der Waals surface area contributed by atoms with Gasteiger partial charge in [0.25, 0.3) is 0 Å². The van der Waals surface area contributed by atoms with Crippen LogP contribution in [0.3, 0.4) is 0 Å². The van der Waals surface area contributed by atoms with Gasteiger partial charge in [-0.25, -0.2) is 17.8 Å². The van der Waals surface area contributed by atoms with E-state index in [9.17, 15) is 12.8 Å². The Morgan fingerprint density at radius 2 is 2.09 bits per heavy atom. The minimum atomic E-state index is -3.42. The molecular formula is C24H26FN5O2S. The largest absolute Gasteiger partial charge is 0.346 e. The van der Waals surface area contributed by atoms with Crippen molar-refractivity contribution in [2.24, 2.45) is 5.92 Å². The van der Waals surface area contributed by atoms with Crippen LogP contribution in [0.1, 0.15) is 18.9 Å². The highest BCUT2D eigenvalue weighted by Crippen LogP contribution is 2.29. The van der Waals surface area contributed by atoms with E-state index in [-0.39, 0.29) is 23.5 Å². The number of hydrogen-bond acceptors (Lipinski definition) is 4. The number of sulfonamides is 1. The molecule has 172 valence electrons. The van der Waals surface area contributed by atoms with Crippen LogP contribution in [-0.2, 0) is 23.0 Å². The van der Waals surface area contributed by atoms with Gasteiger partial charge in [0, 0.05) is 37.1 Å². The Morgan fingerprint density at radius 1 is 1.21 bits per heavy atom. The lowest BCUT2D eigenvalue weighted by molar-refractivity contribution is 0.399. The first-order chi connectivity index (χ1) is 15.9. The molecule has 0 aliphatic carbocycles. The summed E-state index contributed by atoms with van der Waals surface area (Å²) in [4.78, 5) is 4.73. The summed E-state index contributed by atoms with van der Waals surface area (Å²) in [5.74, 6) is -0.140. The Kier molecular flexibility index (Phi) is 5.76. The molecule has 1 N–H and O–H groups in total. The zero-order valence-electron chi connectivity index (χ0n) is 18.4. The van der Waals surface area contributed by atoms with Gasteiger partial charge >= 0.3 is 0 Å². The molecule has 9 heteroatoms. The molecule has 4 heterocycles. The predicted octanol–water partition coefficient (Wildman–Crippen LogP) is 3.85. The van der Waals surface area contributed by atoms with Crippen LogP contribution >= 0.6 is 0 Å². The fourth-order valence-corrected chi connectivity index (χ4v) is 6.55. The van der Waals surface area contributed by atoms with Crippen LogP contribution in [0.2, 0.25) is 0 Å². The molecular weight excluding hydrogens is 441 g/mol. The van der Waals surface area contributed by atoms with Crippen molar-refractivity contribution < 1.29 is 12.8 Å². The van der Waals surface area contributed by atoms with Crippen LogP contribution in [0.15, 0.2) is 61.1 Å². The second kappa shape index (κ2) is 8.72. The molecule has 0 amide bonds. The monoisotopic (exact) mass is 467 g/mol. The summed E-state index contributed by atoms with van der Waals surface area (Å²) in [6.07, 6.45) is 6.69. The fraction of sp³-hybridized carbons (Fsp3) is 0.333. The lowest BCUT2D eigenvalue weighted by Gasteiger charge is -2.21. The van der Waals surface area contributed by atoms with E-state index in [4.69, 9.17) is 4.98 Å². The van der Waals surface area contributed by atoms with Gasteiger partial charge in [0.2, 0.25) is 10.0 Å². The molecule has 0 radical (unpaired) electrons. The van der Waals surface area contributed by atoms with E-state index in [1.807, 2.05) is 31.5 Å². The Labute approximate surface area is 192 Å². The molecule has 5 rings (SSSR count). The average molecular weight is 468 g/mol. The number of pyridine rings is 1. The summed E-state index contributed by atoms with van der Waals surface area (Å²) in [6.45, 7) is 3.19. The predicted molar refractivity (Wildman–Crippen MR) is 125 cm³/mol. The SMILES string of the molecule is C[C@@H]1CC(Cn2ccc3nc(-c4cn[nH]c4)ccc32)CN1S(=O)(=O)CCc1cccc(F)c1. The number of nitrogens with one attached hydrogen (secondary N) is 1. The highest BCUT2D eigenvalue weighted by atomic mass is 32.2. The number of H-pyrrole nitrogens is 1. The number of rotatable bonds is 7. The van der Waals surface area contributed by atoms with Crippen molar-refractivity contribution in [3.63, 3.8) is 0 Å². The number of aryl methyl sites for hydroxylation is 1. The number of benzene rings is 1. The van der Waals surface area contributed by atoms with Gasteiger partial charge < -0.3 is 4.57 Å². The van der Waals surface area contributed by atoms with Gasteiger partial charge in [0.05, 0.1) is 28.7 Å². The lowest BCUT2D eigenvalue weighted by atomic mass is 10.1. The van der Waals surface area contributed by atoms with Crippen molar-refractivity contribution in [2.75, 3.05) is 12.3 Å². The zero-order chi connectivity index (χ0) is 23.0. The van der Waals surface area contributed by atoms with Gasteiger partial charge in [0.1, 0.15) is 5.82 Å². The van der Waals surface area contributed by atoms with Gasteiger partial charge in [-0.2, -0.15) is 9.40 Å². The maximum absolute atomic E-state index is 13.4. The summed E-state index contributed by atoms with van der Waals surface area (Å²) >= 11 is 0. The standard InChI is InChI=1S/C24H26FN5O2S/c1-17-11-19(16-30(17)33(31,32)10-8-18-3-2-4-21(25)12-18)15-29-9-7-23-24(29)6-5-22(28-23)20-13-26-27-14-20/h2-7,9,12-14,17,19H,8,10-11,15-16H2,1H3,(H,26,27)/t17-,19?/m1/s1. The summed E-state index contributed by atoms with van der Waals surface area (Å²) < 4.78 is 43.2. The maximum atomic E-state index is 13.4. The highest BCUT2D eigenvalue weighted by Gasteiger charge is 2.36. The van der Waals surface area contributed by atoms with Gasteiger partial charge in [-0.1, -0.05) is 12.1 Å². The summed E-state index contributed by atoms with van der Waals surface area (Å²) in [5, 5.41) is 6.78. The van der Waals surface area contributed by atoms with Gasteiger partial charge in [-0.15, -0.1) is 0 Å². The average Bonchev–Trinajstić information content (AvgIpc) is 3.53. The van der Waals surface area contributed by atoms with E-state index in [0.29, 0.717) is 18.5 Å². The molecule has 7 nitrogen and oxygen atoms in total. The van der Waals surface area contributed by atoms with E-state index >= 15 is 0 Å². The molecule has 4 aromatic rings. The molecule has 0 saturated carbocycles. The minimum absolute atomic E-state index is 0.0132. The molecule has 3 aromatic heterocycles. The Balaban J connectivity index is 1.26. The third-order valence-corrected chi connectivity index (χ3v) is 8.32. The molecule has 2 atom stereocenters. The summed E-state index contributed by atoms with van der Waals surface area (Å²) in [6, 6.07) is 12.1. The molecule has 33 heavy (non-hydrogen) atoms. The van der Waals surface area contributed by atoms with Crippen molar-refractivity contribution in [2.45, 2.75) is 32.4 Å². The summed E-state index contributed by atoms with van der Waals surface area (Å²) in [5.41, 5.74) is 4.43. The molecule has 0 spiro atoms. The Bertz CT molecular complexity index is 1370. The number of fused-ring (bicyclic) bond motifs is 1. The van der Waals surface area contributed by atoms with Crippen LogP contribution in [-0.4, -0.2) is 50.8 Å². The topological polar surface area (TPSA) is 83.9 Å². The van der Waals surface area contributed by atoms with E-state index in [0.717, 1.165) is 35.3 Å².